The fourth-order valence-electron chi connectivity index (χ4n) is 8.72. The Bertz CT molecular complexity index is 2140. The van der Waals surface area contributed by atoms with Gasteiger partial charge in [-0.3, -0.25) is 24.6 Å². The van der Waals surface area contributed by atoms with E-state index in [4.69, 9.17) is 9.47 Å². The predicted octanol–water partition coefficient (Wildman–Crippen LogP) is 7.55. The first kappa shape index (κ1) is 43.0. The molecule has 1 saturated carbocycles. The monoisotopic (exact) mass is 842 g/mol. The number of piperidine rings is 2. The Morgan fingerprint density at radius 3 is 2.55 bits per heavy atom. The van der Waals surface area contributed by atoms with Crippen molar-refractivity contribution in [2.24, 2.45) is 4.99 Å². The Morgan fingerprint density at radius 1 is 1.08 bits per heavy atom. The molecule has 16 heteroatoms. The molecule has 3 amide bonds. The number of nitriles is 1. The number of imide groups is 1. The van der Waals surface area contributed by atoms with E-state index in [0.717, 1.165) is 70.1 Å². The molecule has 1 spiro atoms. The molecule has 0 radical (unpaired) electrons. The molecule has 3 aromatic rings. The molecule has 0 aromatic heterocycles. The van der Waals surface area contributed by atoms with Gasteiger partial charge in [0.1, 0.15) is 29.2 Å². The second-order valence-electron chi connectivity index (χ2n) is 16.2. The normalized spacial score (nSPS) is 23.1. The molecule has 4 aliphatic rings. The lowest BCUT2D eigenvalue weighted by Gasteiger charge is -2.44. The number of hydrogen-bond acceptors (Lipinski definition) is 12. The molecule has 2 atom stereocenters. The summed E-state index contributed by atoms with van der Waals surface area (Å²) in [6.07, 6.45) is 9.17. The molecular formula is C44H52F2N8O5S. The van der Waals surface area contributed by atoms with Crippen LogP contribution in [0, 0.1) is 29.9 Å². The van der Waals surface area contributed by atoms with Crippen molar-refractivity contribution in [3.63, 3.8) is 0 Å². The quantitative estimate of drug-likeness (QED) is 0.0485. The third-order valence-corrected chi connectivity index (χ3v) is 13.3. The molecule has 0 bridgehead atoms. The van der Waals surface area contributed by atoms with Gasteiger partial charge in [0.15, 0.2) is 11.6 Å². The van der Waals surface area contributed by atoms with Crippen molar-refractivity contribution in [1.29, 1.82) is 5.26 Å². The third kappa shape index (κ3) is 9.92. The highest BCUT2D eigenvalue weighted by Gasteiger charge is 2.45. The number of rotatable bonds is 14. The van der Waals surface area contributed by atoms with Crippen molar-refractivity contribution in [1.82, 2.24) is 19.4 Å². The number of benzene rings is 3. The number of aryl methyl sites for hydroxylation is 1. The summed E-state index contributed by atoms with van der Waals surface area (Å²) in [7, 11) is 1.89. The van der Waals surface area contributed by atoms with Crippen LogP contribution in [0.3, 0.4) is 0 Å². The molecule has 4 fully saturated rings. The summed E-state index contributed by atoms with van der Waals surface area (Å²) in [5.74, 6) is -1.28. The molecule has 3 aliphatic heterocycles. The van der Waals surface area contributed by atoms with Gasteiger partial charge in [0.2, 0.25) is 18.2 Å². The third-order valence-electron chi connectivity index (χ3n) is 12.4. The molecule has 3 aromatic carbocycles. The minimum Gasteiger partial charge on any atom is -0.453 e. The molecule has 7 rings (SSSR count). The fraction of sp³-hybridized carbons (Fsp3) is 0.477. The van der Waals surface area contributed by atoms with Gasteiger partial charge in [0.25, 0.3) is 0 Å². The summed E-state index contributed by atoms with van der Waals surface area (Å²) < 4.78 is 47.6. The highest BCUT2D eigenvalue weighted by molar-refractivity contribution is 7.98. The van der Waals surface area contributed by atoms with Crippen LogP contribution in [0.4, 0.5) is 25.8 Å². The van der Waals surface area contributed by atoms with Crippen LogP contribution in [0.25, 0.3) is 0 Å². The first-order valence-electron chi connectivity index (χ1n) is 20.7. The molecule has 3 heterocycles. The molecule has 13 nitrogen and oxygen atoms in total. The van der Waals surface area contributed by atoms with Gasteiger partial charge in [0.05, 0.1) is 36.0 Å². The summed E-state index contributed by atoms with van der Waals surface area (Å²) >= 11 is 1.30. The number of likely N-dealkylation sites (tertiary alicyclic amines) is 1. The lowest BCUT2D eigenvalue weighted by molar-refractivity contribution is -0.133. The smallest absolute Gasteiger partial charge is 0.249 e. The highest BCUT2D eigenvalue weighted by atomic mass is 32.2. The van der Waals surface area contributed by atoms with Crippen LogP contribution in [0.15, 0.2) is 53.5 Å². The van der Waals surface area contributed by atoms with E-state index in [1.807, 2.05) is 37.3 Å². The second-order valence-corrected chi connectivity index (χ2v) is 17.2. The lowest BCUT2D eigenvalue weighted by Crippen LogP contribution is -2.49. The Hall–Kier alpha value is -5.08. The maximum Gasteiger partial charge on any atom is 0.249 e. The number of ether oxygens (including phenoxy) is 2. The summed E-state index contributed by atoms with van der Waals surface area (Å²) in [5, 5.41) is 15.2. The fourth-order valence-corrected chi connectivity index (χ4v) is 9.28. The largest absolute Gasteiger partial charge is 0.453 e. The molecule has 2 unspecified atom stereocenters. The van der Waals surface area contributed by atoms with Crippen molar-refractivity contribution in [2.45, 2.75) is 101 Å². The van der Waals surface area contributed by atoms with Crippen molar-refractivity contribution >= 4 is 53.8 Å². The molecule has 60 heavy (non-hydrogen) atoms. The topological polar surface area (TPSA) is 152 Å². The Kier molecular flexibility index (Phi) is 13.7. The van der Waals surface area contributed by atoms with E-state index in [1.54, 1.807) is 23.1 Å². The van der Waals surface area contributed by atoms with E-state index in [1.165, 1.54) is 36.7 Å². The van der Waals surface area contributed by atoms with Crippen LogP contribution in [-0.2, 0) is 19.1 Å². The number of carbonyl (C=O) groups excluding carboxylic acids is 3. The van der Waals surface area contributed by atoms with Crippen molar-refractivity contribution in [2.75, 3.05) is 43.3 Å². The zero-order valence-corrected chi connectivity index (χ0v) is 35.0. The molecular weight excluding hydrogens is 791 g/mol. The maximum absolute atomic E-state index is 15.3. The van der Waals surface area contributed by atoms with Gasteiger partial charge in [-0.15, -0.1) is 0 Å². The summed E-state index contributed by atoms with van der Waals surface area (Å²) in [6.45, 7) is 6.82. The van der Waals surface area contributed by atoms with Crippen LogP contribution in [0.5, 0.6) is 11.5 Å². The SMILES string of the molecule is CCN(C)SNc1ccc(F)c(Oc2ccc(N=CN(C=O)C3COC4(CCN(C5CCC(c6ccc(NC7CCC(=O)NC7=O)cc6F)CC5)CC4)C3)c(C)c2)c1C#N. The number of halogens is 2. The minimum atomic E-state index is -0.654. The van der Waals surface area contributed by atoms with E-state index < -0.39 is 11.9 Å². The van der Waals surface area contributed by atoms with E-state index in [0.29, 0.717) is 53.9 Å². The van der Waals surface area contributed by atoms with Crippen LogP contribution in [0.2, 0.25) is 0 Å². The van der Waals surface area contributed by atoms with Gasteiger partial charge >= 0.3 is 0 Å². The van der Waals surface area contributed by atoms with Crippen LogP contribution >= 0.6 is 12.1 Å². The second kappa shape index (κ2) is 19.1. The summed E-state index contributed by atoms with van der Waals surface area (Å²) in [5.41, 5.74) is 2.79. The number of hydrogen-bond donors (Lipinski definition) is 3. The van der Waals surface area contributed by atoms with Gasteiger partial charge in [-0.1, -0.05) is 13.0 Å². The predicted molar refractivity (Wildman–Crippen MR) is 227 cm³/mol. The summed E-state index contributed by atoms with van der Waals surface area (Å²) in [4.78, 5) is 44.6. The molecule has 1 aliphatic carbocycles. The number of carbonyl (C=O) groups is 3. The number of aliphatic imine (C=N–C) groups is 1. The zero-order valence-electron chi connectivity index (χ0n) is 34.2. The average molecular weight is 843 g/mol. The molecule has 3 N–H and O–H groups in total. The van der Waals surface area contributed by atoms with Crippen molar-refractivity contribution in [3.8, 4) is 17.6 Å². The number of anilines is 2. The van der Waals surface area contributed by atoms with Gasteiger partial charge in [-0.2, -0.15) is 5.26 Å². The Morgan fingerprint density at radius 2 is 1.87 bits per heavy atom. The standard InChI is InChI=1S/C44H52F2N8O5S/c1-4-52(3)60-51-39-14-12-36(45)42(35(39)24-47)59-33-10-13-38(28(2)21-33)48-26-54(27-55)32-23-44(58-25-32)17-19-53(20-18-44)31-8-5-29(6-9-31)34-11-7-30(22-37(34)46)49-40-15-16-41(56)50-43(40)57/h7,10-14,21-22,26-27,29,31-32,40,49,51H,4-6,8-9,15-20,23,25H2,1-3H3,(H,50,56,57). The van der Waals surface area contributed by atoms with Crippen LogP contribution < -0.4 is 20.1 Å². The Labute approximate surface area is 354 Å². The number of nitrogens with zero attached hydrogens (tertiary/aromatic N) is 5. The molecule has 3 saturated heterocycles. The van der Waals surface area contributed by atoms with Crippen LogP contribution in [-0.4, -0.2) is 95.7 Å². The van der Waals surface area contributed by atoms with Gasteiger partial charge in [-0.05, 0) is 125 Å². The number of amides is 3. The van der Waals surface area contributed by atoms with Gasteiger partial charge < -0.3 is 24.4 Å². The number of nitrogens with one attached hydrogen (secondary N) is 3. The van der Waals surface area contributed by atoms with Gasteiger partial charge in [-0.25, -0.2) is 18.1 Å². The minimum absolute atomic E-state index is 0.0553. The van der Waals surface area contributed by atoms with Crippen LogP contribution in [0.1, 0.15) is 87.3 Å². The van der Waals surface area contributed by atoms with E-state index >= 15 is 4.39 Å². The lowest BCUT2D eigenvalue weighted by atomic mass is 9.79. The first-order chi connectivity index (χ1) is 29.0. The highest BCUT2D eigenvalue weighted by Crippen LogP contribution is 2.42. The first-order valence-corrected chi connectivity index (χ1v) is 21.4. The van der Waals surface area contributed by atoms with E-state index in [-0.39, 0.29) is 52.9 Å². The average Bonchev–Trinajstić information content (AvgIpc) is 3.65. The van der Waals surface area contributed by atoms with Crippen molar-refractivity contribution < 1.29 is 32.6 Å². The zero-order chi connectivity index (χ0) is 42.4. The maximum atomic E-state index is 15.3. The molecule has 318 valence electrons. The Balaban J connectivity index is 0.886. The van der Waals surface area contributed by atoms with Gasteiger partial charge in [0, 0.05) is 49.9 Å². The van der Waals surface area contributed by atoms with Crippen molar-refractivity contribution in [3.05, 3.63) is 76.9 Å². The van der Waals surface area contributed by atoms with E-state index in [9.17, 15) is 24.0 Å². The van der Waals surface area contributed by atoms with E-state index in [2.05, 4.69) is 31.3 Å². The summed E-state index contributed by atoms with van der Waals surface area (Å²) in [6, 6.07) is 14.8.